The summed E-state index contributed by atoms with van der Waals surface area (Å²) in [4.78, 5) is 13.3. The van der Waals surface area contributed by atoms with Crippen LogP contribution >= 0.6 is 0 Å². The Hall–Kier alpha value is -2.05. The van der Waals surface area contributed by atoms with Crippen LogP contribution in [0.2, 0.25) is 0 Å². The molecule has 2 heterocycles. The summed E-state index contributed by atoms with van der Waals surface area (Å²) in [6.07, 6.45) is 57.9. The molecule has 9 N–H and O–H groups in total. The second kappa shape index (κ2) is 56.9. The lowest BCUT2D eigenvalue weighted by Gasteiger charge is -2.46. The molecule has 2 rings (SSSR count). The fourth-order valence-corrected chi connectivity index (χ4v) is 11.7. The van der Waals surface area contributed by atoms with Crippen LogP contribution < -0.4 is 5.32 Å². The van der Waals surface area contributed by atoms with E-state index in [1.807, 2.05) is 6.08 Å². The molecule has 12 unspecified atom stereocenters. The van der Waals surface area contributed by atoms with Crippen molar-refractivity contribution in [2.45, 2.75) is 383 Å². The molecule has 0 aliphatic carbocycles. The summed E-state index contributed by atoms with van der Waals surface area (Å²) in [6.45, 7) is 2.76. The first-order valence-corrected chi connectivity index (χ1v) is 35.9. The van der Waals surface area contributed by atoms with Gasteiger partial charge in [-0.3, -0.25) is 4.79 Å². The number of aliphatic hydroxyl groups is 8. The molecule has 2 fully saturated rings. The van der Waals surface area contributed by atoms with Crippen LogP contribution in [0.5, 0.6) is 0 Å². The monoisotopic (exact) mass is 1220 g/mol. The Bertz CT molecular complexity index is 1630. The van der Waals surface area contributed by atoms with Gasteiger partial charge in [-0.2, -0.15) is 0 Å². The normalized spacial score (nSPS) is 23.7. The highest BCUT2D eigenvalue weighted by Crippen LogP contribution is 2.30. The van der Waals surface area contributed by atoms with Gasteiger partial charge in [-0.25, -0.2) is 0 Å². The summed E-state index contributed by atoms with van der Waals surface area (Å²) < 4.78 is 22.8. The fraction of sp³-hybridized carbons (Fsp3) is 0.875. The van der Waals surface area contributed by atoms with Crippen LogP contribution in [0.15, 0.2) is 48.6 Å². The molecule has 504 valence electrons. The average molecular weight is 1220 g/mol. The molecule has 1 amide bonds. The summed E-state index contributed by atoms with van der Waals surface area (Å²) in [5, 5.41) is 87.1. The minimum absolute atomic E-state index is 0.250. The first kappa shape index (κ1) is 80.0. The number of rotatable bonds is 59. The van der Waals surface area contributed by atoms with Gasteiger partial charge in [-0.15, -0.1) is 0 Å². The lowest BCUT2D eigenvalue weighted by Crippen LogP contribution is -2.65. The van der Waals surface area contributed by atoms with E-state index in [1.54, 1.807) is 6.08 Å². The zero-order valence-corrected chi connectivity index (χ0v) is 54.8. The van der Waals surface area contributed by atoms with E-state index in [2.05, 4.69) is 55.6 Å². The molecule has 0 bridgehead atoms. The minimum Gasteiger partial charge on any atom is -0.394 e. The van der Waals surface area contributed by atoms with E-state index in [1.165, 1.54) is 231 Å². The van der Waals surface area contributed by atoms with E-state index in [0.29, 0.717) is 12.8 Å². The number of aliphatic hydroxyl groups excluding tert-OH is 8. The van der Waals surface area contributed by atoms with E-state index in [0.717, 1.165) is 44.9 Å². The predicted octanol–water partition coefficient (Wildman–Crippen LogP) is 14.7. The van der Waals surface area contributed by atoms with Crippen LogP contribution in [0.1, 0.15) is 309 Å². The second-order valence-electron chi connectivity index (χ2n) is 25.3. The van der Waals surface area contributed by atoms with Gasteiger partial charge in [-0.1, -0.05) is 281 Å². The Kier molecular flexibility index (Phi) is 53.0. The summed E-state index contributed by atoms with van der Waals surface area (Å²) in [6, 6.07) is -0.936. The third-order valence-corrected chi connectivity index (χ3v) is 17.5. The van der Waals surface area contributed by atoms with Crippen molar-refractivity contribution >= 4 is 5.91 Å². The topological polar surface area (TPSA) is 228 Å². The van der Waals surface area contributed by atoms with Gasteiger partial charge in [0.15, 0.2) is 12.6 Å². The second-order valence-corrected chi connectivity index (χ2v) is 25.3. The Morgan fingerprint density at radius 3 is 1.16 bits per heavy atom. The predicted molar refractivity (Wildman–Crippen MR) is 351 cm³/mol. The standard InChI is InChI=1S/C72H133NO13/c1-3-5-7-9-11-13-15-17-18-19-20-21-22-23-24-25-26-27-28-29-30-31-32-33-34-35-36-37-38-39-40-41-42-44-46-48-50-52-54-56-64(77)73-60(61(76)55-53-51-49-47-45-43-16-14-12-10-8-6-4-2)59-83-71-69(82)67(80)70(63(58-75)85-71)86-72-68(81)66(79)65(78)62(57-74)84-72/h12,14,19-20,45,47,53,55,60-63,65-72,74-76,78-82H,3-11,13,15-18,21-44,46,48-52,54,56-59H2,1-2H3,(H,73,77)/b14-12+,20-19-,47-45+,55-53+. The highest BCUT2D eigenvalue weighted by Gasteiger charge is 2.51. The first-order chi connectivity index (χ1) is 42.1. The number of hydrogen-bond donors (Lipinski definition) is 9. The zero-order valence-electron chi connectivity index (χ0n) is 54.8. The molecule has 12 atom stereocenters. The minimum atomic E-state index is -1.79. The molecule has 14 nitrogen and oxygen atoms in total. The highest BCUT2D eigenvalue weighted by atomic mass is 16.7. The summed E-state index contributed by atoms with van der Waals surface area (Å²) >= 11 is 0. The molecule has 2 aliphatic rings. The fourth-order valence-electron chi connectivity index (χ4n) is 11.7. The van der Waals surface area contributed by atoms with Crippen molar-refractivity contribution in [3.8, 4) is 0 Å². The van der Waals surface area contributed by atoms with E-state index < -0.39 is 86.8 Å². The molecule has 86 heavy (non-hydrogen) atoms. The van der Waals surface area contributed by atoms with Crippen molar-refractivity contribution in [3.05, 3.63) is 48.6 Å². The van der Waals surface area contributed by atoms with Gasteiger partial charge < -0.3 is 65.1 Å². The molecule has 0 spiro atoms. The lowest BCUT2D eigenvalue weighted by atomic mass is 9.97. The largest absolute Gasteiger partial charge is 0.394 e. The van der Waals surface area contributed by atoms with Gasteiger partial charge in [0.25, 0.3) is 0 Å². The van der Waals surface area contributed by atoms with E-state index >= 15 is 0 Å². The molecule has 0 aromatic rings. The molecular formula is C72H133NO13. The molecule has 0 aromatic heterocycles. The van der Waals surface area contributed by atoms with Crippen molar-refractivity contribution in [2.24, 2.45) is 0 Å². The maximum atomic E-state index is 13.3. The zero-order chi connectivity index (χ0) is 62.3. The summed E-state index contributed by atoms with van der Waals surface area (Å²) in [7, 11) is 0. The van der Waals surface area contributed by atoms with Crippen LogP contribution in [0, 0.1) is 0 Å². The van der Waals surface area contributed by atoms with E-state index in [4.69, 9.17) is 18.9 Å². The van der Waals surface area contributed by atoms with Crippen LogP contribution in [0.3, 0.4) is 0 Å². The highest BCUT2D eigenvalue weighted by molar-refractivity contribution is 5.76. The van der Waals surface area contributed by atoms with Crippen molar-refractivity contribution in [2.75, 3.05) is 19.8 Å². The Labute approximate surface area is 524 Å². The van der Waals surface area contributed by atoms with Crippen molar-refractivity contribution in [3.63, 3.8) is 0 Å². The molecule has 14 heteroatoms. The van der Waals surface area contributed by atoms with Crippen molar-refractivity contribution < 1.29 is 64.6 Å². The van der Waals surface area contributed by atoms with Gasteiger partial charge in [0.1, 0.15) is 48.8 Å². The average Bonchev–Trinajstić information content (AvgIpc) is 2.92. The number of hydrogen-bond acceptors (Lipinski definition) is 13. The number of allylic oxidation sites excluding steroid dienone is 7. The third-order valence-electron chi connectivity index (χ3n) is 17.5. The quantitative estimate of drug-likeness (QED) is 0.0204. The number of unbranched alkanes of at least 4 members (excludes halogenated alkanes) is 40. The summed E-state index contributed by atoms with van der Waals surface area (Å²) in [5.74, 6) is -0.250. The number of nitrogens with one attached hydrogen (secondary N) is 1. The van der Waals surface area contributed by atoms with Crippen LogP contribution in [0.4, 0.5) is 0 Å². The van der Waals surface area contributed by atoms with Gasteiger partial charge in [0.2, 0.25) is 5.91 Å². The van der Waals surface area contributed by atoms with Crippen LogP contribution in [-0.4, -0.2) is 140 Å². The van der Waals surface area contributed by atoms with Crippen molar-refractivity contribution in [1.29, 1.82) is 0 Å². The maximum Gasteiger partial charge on any atom is 0.220 e. The lowest BCUT2D eigenvalue weighted by molar-refractivity contribution is -0.359. The smallest absolute Gasteiger partial charge is 0.220 e. The number of ether oxygens (including phenoxy) is 4. The number of amides is 1. The van der Waals surface area contributed by atoms with Gasteiger partial charge >= 0.3 is 0 Å². The van der Waals surface area contributed by atoms with Gasteiger partial charge in [0.05, 0.1) is 32.0 Å². The van der Waals surface area contributed by atoms with E-state index in [9.17, 15) is 45.6 Å². The van der Waals surface area contributed by atoms with Crippen LogP contribution in [-0.2, 0) is 23.7 Å². The Morgan fingerprint density at radius 2 is 0.744 bits per heavy atom. The van der Waals surface area contributed by atoms with E-state index in [-0.39, 0.29) is 18.9 Å². The number of carbonyl (C=O) groups is 1. The molecule has 0 aromatic carbocycles. The van der Waals surface area contributed by atoms with Crippen molar-refractivity contribution in [1.82, 2.24) is 5.32 Å². The number of carbonyl (C=O) groups excluding carboxylic acids is 1. The molecule has 2 aliphatic heterocycles. The molecule has 0 radical (unpaired) electrons. The summed E-state index contributed by atoms with van der Waals surface area (Å²) in [5.41, 5.74) is 0. The molecule has 0 saturated carbocycles. The van der Waals surface area contributed by atoms with Gasteiger partial charge in [0, 0.05) is 6.42 Å². The van der Waals surface area contributed by atoms with Crippen LogP contribution in [0.25, 0.3) is 0 Å². The Balaban J connectivity index is 1.55. The van der Waals surface area contributed by atoms with Gasteiger partial charge in [-0.05, 0) is 70.6 Å². The molecular weight excluding hydrogens is 1090 g/mol. The first-order valence-electron chi connectivity index (χ1n) is 35.9. The SMILES string of the molecule is CCCCC/C=C/CC/C=C/CC/C=C/C(O)C(COC1OC(CO)C(OC2OC(CO)C(O)C(O)C2O)C(O)C1O)NC(=O)CCCCCCCCCCCCCCCCCCCCCCCCCCCCC/C=C\CCCCCCCCCC. The maximum absolute atomic E-state index is 13.3. The molecule has 2 saturated heterocycles. The third kappa shape index (κ3) is 40.6. The Morgan fingerprint density at radius 1 is 0.407 bits per heavy atom.